The summed E-state index contributed by atoms with van der Waals surface area (Å²) in [5.41, 5.74) is 1.70. The Morgan fingerprint density at radius 2 is 2.23 bits per heavy atom. The van der Waals surface area contributed by atoms with E-state index >= 15 is 0 Å². The minimum atomic E-state index is -0.542. The topological polar surface area (TPSA) is 29.4 Å². The minimum Gasteiger partial charge on any atom is -0.211 e. The van der Waals surface area contributed by atoms with Crippen LogP contribution in [0, 0.1) is 0 Å². The molecule has 13 heavy (non-hydrogen) atoms. The predicted octanol–water partition coefficient (Wildman–Crippen LogP) is 3.00. The highest BCUT2D eigenvalue weighted by atomic mass is 35.5. The van der Waals surface area contributed by atoms with Crippen LogP contribution in [0.1, 0.15) is 16.0 Å². The number of nitrogens with zero attached hydrogens (tertiary/aromatic N) is 1. The molecular formula is C9H7Cl2NO. The monoisotopic (exact) mass is 215 g/mol. The van der Waals surface area contributed by atoms with Gasteiger partial charge in [-0.1, -0.05) is 24.3 Å². The standard InChI is InChI=1S/C9H7Cl2NO/c10-9(11)8-3-1-2-7(4-8)5-12-6-13/h1-4,9H,5H2. The molecule has 0 bridgehead atoms. The molecule has 1 aromatic carbocycles. The fourth-order valence-electron chi connectivity index (χ4n) is 0.951. The molecule has 0 unspecified atom stereocenters. The normalized spacial score (nSPS) is 9.77. The second-order valence-electron chi connectivity index (χ2n) is 2.45. The first kappa shape index (κ1) is 10.3. The number of aliphatic imine (C=N–C) groups is 1. The van der Waals surface area contributed by atoms with Crippen LogP contribution < -0.4 is 0 Å². The van der Waals surface area contributed by atoms with Crippen molar-refractivity contribution >= 4 is 29.3 Å². The highest BCUT2D eigenvalue weighted by molar-refractivity contribution is 6.44. The number of carbonyl (C=O) groups excluding carboxylic acids is 1. The molecule has 68 valence electrons. The van der Waals surface area contributed by atoms with Crippen LogP contribution in [-0.4, -0.2) is 6.08 Å². The van der Waals surface area contributed by atoms with Gasteiger partial charge in [0.25, 0.3) is 0 Å². The lowest BCUT2D eigenvalue weighted by Crippen LogP contribution is -1.85. The molecule has 0 saturated heterocycles. The summed E-state index contributed by atoms with van der Waals surface area (Å²) in [4.78, 5) is 12.8. The molecule has 1 rings (SSSR count). The van der Waals surface area contributed by atoms with Crippen LogP contribution in [0.5, 0.6) is 0 Å². The maximum atomic E-state index is 9.85. The van der Waals surface area contributed by atoms with Crippen molar-refractivity contribution in [2.75, 3.05) is 0 Å². The highest BCUT2D eigenvalue weighted by Crippen LogP contribution is 2.25. The maximum Gasteiger partial charge on any atom is 0.235 e. The summed E-state index contributed by atoms with van der Waals surface area (Å²) in [5.74, 6) is 0. The Kier molecular flexibility index (Phi) is 3.97. The van der Waals surface area contributed by atoms with E-state index in [1.807, 2.05) is 24.3 Å². The lowest BCUT2D eigenvalue weighted by Gasteiger charge is -2.02. The van der Waals surface area contributed by atoms with Crippen molar-refractivity contribution in [1.82, 2.24) is 0 Å². The van der Waals surface area contributed by atoms with Crippen LogP contribution in [-0.2, 0) is 11.3 Å². The maximum absolute atomic E-state index is 9.85. The second kappa shape index (κ2) is 5.03. The van der Waals surface area contributed by atoms with Gasteiger partial charge in [0, 0.05) is 0 Å². The largest absolute Gasteiger partial charge is 0.235 e. The number of hydrogen-bond donors (Lipinski definition) is 0. The summed E-state index contributed by atoms with van der Waals surface area (Å²) >= 11 is 11.3. The van der Waals surface area contributed by atoms with Crippen LogP contribution in [0.2, 0.25) is 0 Å². The minimum absolute atomic E-state index is 0.317. The summed E-state index contributed by atoms with van der Waals surface area (Å²) in [5, 5.41) is 0. The number of alkyl halides is 2. The number of isocyanates is 1. The zero-order chi connectivity index (χ0) is 9.68. The van der Waals surface area contributed by atoms with Crippen LogP contribution in [0.15, 0.2) is 29.3 Å². The molecule has 0 radical (unpaired) electrons. The summed E-state index contributed by atoms with van der Waals surface area (Å²) in [6.45, 7) is 0.317. The van der Waals surface area contributed by atoms with Gasteiger partial charge in [-0.15, -0.1) is 23.2 Å². The van der Waals surface area contributed by atoms with E-state index < -0.39 is 4.84 Å². The Hall–Kier alpha value is -0.820. The first-order valence-electron chi connectivity index (χ1n) is 3.64. The van der Waals surface area contributed by atoms with E-state index in [9.17, 15) is 4.79 Å². The predicted molar refractivity (Wildman–Crippen MR) is 52.7 cm³/mol. The van der Waals surface area contributed by atoms with E-state index in [4.69, 9.17) is 23.2 Å². The van der Waals surface area contributed by atoms with Gasteiger partial charge < -0.3 is 0 Å². The van der Waals surface area contributed by atoms with Gasteiger partial charge in [0.2, 0.25) is 6.08 Å². The molecule has 0 aromatic heterocycles. The van der Waals surface area contributed by atoms with Crippen molar-refractivity contribution in [3.63, 3.8) is 0 Å². The smallest absolute Gasteiger partial charge is 0.211 e. The number of benzene rings is 1. The second-order valence-corrected chi connectivity index (χ2v) is 3.55. The van der Waals surface area contributed by atoms with Gasteiger partial charge in [-0.05, 0) is 11.1 Å². The first-order chi connectivity index (χ1) is 6.24. The van der Waals surface area contributed by atoms with Crippen LogP contribution >= 0.6 is 23.2 Å². The highest BCUT2D eigenvalue weighted by Gasteiger charge is 2.02. The van der Waals surface area contributed by atoms with Crippen molar-refractivity contribution in [2.24, 2.45) is 4.99 Å². The molecule has 0 atom stereocenters. The molecule has 4 heteroatoms. The summed E-state index contributed by atoms with van der Waals surface area (Å²) in [6.07, 6.45) is 1.47. The summed E-state index contributed by atoms with van der Waals surface area (Å²) < 4.78 is 0. The van der Waals surface area contributed by atoms with Gasteiger partial charge in [0.15, 0.2) is 0 Å². The molecule has 0 saturated carbocycles. The Labute approximate surface area is 86.2 Å². The molecule has 0 spiro atoms. The first-order valence-corrected chi connectivity index (χ1v) is 4.52. The van der Waals surface area contributed by atoms with Crippen LogP contribution in [0.4, 0.5) is 0 Å². The fourth-order valence-corrected chi connectivity index (χ4v) is 1.22. The van der Waals surface area contributed by atoms with Crippen LogP contribution in [0.25, 0.3) is 0 Å². The Balaban J connectivity index is 2.85. The molecule has 0 N–H and O–H groups in total. The molecular weight excluding hydrogens is 209 g/mol. The van der Waals surface area contributed by atoms with E-state index in [-0.39, 0.29) is 0 Å². The molecule has 1 aromatic rings. The SMILES string of the molecule is O=C=NCc1cccc(C(Cl)Cl)c1. The Morgan fingerprint density at radius 1 is 1.46 bits per heavy atom. The molecule has 0 aliphatic rings. The van der Waals surface area contributed by atoms with Crippen molar-refractivity contribution < 1.29 is 4.79 Å². The zero-order valence-corrected chi connectivity index (χ0v) is 8.22. The molecule has 0 heterocycles. The fraction of sp³-hybridized carbons (Fsp3) is 0.222. The third-order valence-corrected chi connectivity index (χ3v) is 2.03. The Morgan fingerprint density at radius 3 is 2.85 bits per heavy atom. The van der Waals surface area contributed by atoms with Crippen molar-refractivity contribution in [2.45, 2.75) is 11.4 Å². The van der Waals surface area contributed by atoms with Crippen molar-refractivity contribution in [3.8, 4) is 0 Å². The lowest BCUT2D eigenvalue weighted by atomic mass is 10.1. The van der Waals surface area contributed by atoms with Crippen molar-refractivity contribution in [1.29, 1.82) is 0 Å². The van der Waals surface area contributed by atoms with Gasteiger partial charge in [0.05, 0.1) is 6.54 Å². The third kappa shape index (κ3) is 3.19. The number of rotatable bonds is 3. The van der Waals surface area contributed by atoms with E-state index in [0.717, 1.165) is 11.1 Å². The summed E-state index contributed by atoms with van der Waals surface area (Å²) in [6, 6.07) is 7.30. The Bertz CT molecular complexity index is 332. The van der Waals surface area contributed by atoms with E-state index in [2.05, 4.69) is 4.99 Å². The van der Waals surface area contributed by atoms with Gasteiger partial charge in [0.1, 0.15) is 4.84 Å². The van der Waals surface area contributed by atoms with E-state index in [1.54, 1.807) is 0 Å². The average molecular weight is 216 g/mol. The van der Waals surface area contributed by atoms with E-state index in [0.29, 0.717) is 6.54 Å². The number of halogens is 2. The molecule has 2 nitrogen and oxygen atoms in total. The van der Waals surface area contributed by atoms with Crippen LogP contribution in [0.3, 0.4) is 0 Å². The lowest BCUT2D eigenvalue weighted by molar-refractivity contribution is 0.563. The third-order valence-electron chi connectivity index (χ3n) is 1.53. The van der Waals surface area contributed by atoms with Crippen molar-refractivity contribution in [3.05, 3.63) is 35.4 Å². The van der Waals surface area contributed by atoms with Gasteiger partial charge in [-0.2, -0.15) is 0 Å². The van der Waals surface area contributed by atoms with E-state index in [1.165, 1.54) is 6.08 Å². The average Bonchev–Trinajstić information content (AvgIpc) is 2.15. The van der Waals surface area contributed by atoms with Gasteiger partial charge in [-0.25, -0.2) is 9.79 Å². The number of hydrogen-bond acceptors (Lipinski definition) is 2. The quantitative estimate of drug-likeness (QED) is 0.433. The molecule has 0 aliphatic carbocycles. The molecule has 0 amide bonds. The summed E-state index contributed by atoms with van der Waals surface area (Å²) in [7, 11) is 0. The zero-order valence-electron chi connectivity index (χ0n) is 6.71. The van der Waals surface area contributed by atoms with Gasteiger partial charge >= 0.3 is 0 Å². The molecule has 0 fully saturated rings. The molecule has 0 aliphatic heterocycles. The van der Waals surface area contributed by atoms with Gasteiger partial charge in [-0.3, -0.25) is 0 Å².